The van der Waals surface area contributed by atoms with Gasteiger partial charge in [-0.1, -0.05) is 48.5 Å². The van der Waals surface area contributed by atoms with Gasteiger partial charge in [-0.25, -0.2) is 0 Å². The van der Waals surface area contributed by atoms with Gasteiger partial charge in [0.25, 0.3) is 0 Å². The average molecular weight is 284 g/mol. The van der Waals surface area contributed by atoms with E-state index in [0.717, 1.165) is 21.5 Å². The fourth-order valence-electron chi connectivity index (χ4n) is 2.55. The van der Waals surface area contributed by atoms with E-state index >= 15 is 0 Å². The molecule has 0 aliphatic heterocycles. The number of carbonyl (C=O) groups is 1. The van der Waals surface area contributed by atoms with Gasteiger partial charge in [-0.3, -0.25) is 14.8 Å². The van der Waals surface area contributed by atoms with Crippen LogP contribution in [0.4, 0.5) is 0 Å². The van der Waals surface area contributed by atoms with Gasteiger partial charge >= 0.3 is 0 Å². The molecule has 0 N–H and O–H groups in total. The van der Waals surface area contributed by atoms with Crippen LogP contribution in [0.2, 0.25) is 0 Å². The zero-order valence-corrected chi connectivity index (χ0v) is 11.7. The molecule has 0 atom stereocenters. The Hall–Kier alpha value is -3.07. The number of pyridine rings is 2. The molecule has 0 radical (unpaired) electrons. The fourth-order valence-corrected chi connectivity index (χ4v) is 2.55. The van der Waals surface area contributed by atoms with Gasteiger partial charge in [0.05, 0.1) is 0 Å². The number of hydrogen-bond donors (Lipinski definition) is 0. The second kappa shape index (κ2) is 5.04. The van der Waals surface area contributed by atoms with Crippen LogP contribution in [0, 0.1) is 0 Å². The van der Waals surface area contributed by atoms with E-state index in [1.165, 1.54) is 0 Å². The summed E-state index contributed by atoms with van der Waals surface area (Å²) in [6.07, 6.45) is 3.45. The van der Waals surface area contributed by atoms with Crippen molar-refractivity contribution < 1.29 is 4.79 Å². The smallest absolute Gasteiger partial charge is 0.229 e. The third-order valence-electron chi connectivity index (χ3n) is 3.73. The van der Waals surface area contributed by atoms with Crippen molar-refractivity contribution in [1.82, 2.24) is 9.97 Å². The van der Waals surface area contributed by atoms with Crippen LogP contribution >= 0.6 is 0 Å². The first-order valence-corrected chi connectivity index (χ1v) is 7.05. The number of rotatable bonds is 2. The summed E-state index contributed by atoms with van der Waals surface area (Å²) < 4.78 is 0. The Morgan fingerprint density at radius 2 is 1.05 bits per heavy atom. The molecule has 0 amide bonds. The quantitative estimate of drug-likeness (QED) is 0.522. The van der Waals surface area contributed by atoms with Gasteiger partial charge < -0.3 is 0 Å². The molecular weight excluding hydrogens is 272 g/mol. The number of ketones is 1. The molecule has 4 aromatic rings. The molecule has 3 heteroatoms. The normalized spacial score (nSPS) is 10.9. The molecule has 0 aliphatic carbocycles. The largest absolute Gasteiger partial charge is 0.285 e. The first-order valence-electron chi connectivity index (χ1n) is 7.05. The molecule has 0 spiro atoms. The lowest BCUT2D eigenvalue weighted by Gasteiger charge is -2.03. The van der Waals surface area contributed by atoms with Crippen LogP contribution in [0.15, 0.2) is 73.1 Å². The first-order chi connectivity index (χ1) is 10.8. The number of nitrogens with zero attached hydrogens (tertiary/aromatic N) is 2. The predicted molar refractivity (Wildman–Crippen MR) is 86.9 cm³/mol. The Morgan fingerprint density at radius 3 is 1.50 bits per heavy atom. The summed E-state index contributed by atoms with van der Waals surface area (Å²) in [6, 6.07) is 19.3. The number of carbonyl (C=O) groups excluding carboxylic acids is 1. The van der Waals surface area contributed by atoms with Gasteiger partial charge in [-0.15, -0.1) is 0 Å². The summed E-state index contributed by atoms with van der Waals surface area (Å²) in [7, 11) is 0. The third kappa shape index (κ3) is 2.13. The average Bonchev–Trinajstić information content (AvgIpc) is 2.60. The van der Waals surface area contributed by atoms with E-state index < -0.39 is 0 Å². The van der Waals surface area contributed by atoms with Crippen LogP contribution in [-0.4, -0.2) is 15.8 Å². The molecule has 2 aromatic heterocycles. The molecule has 0 unspecified atom stereocenters. The lowest BCUT2D eigenvalue weighted by Crippen LogP contribution is -2.06. The maximum absolute atomic E-state index is 12.6. The van der Waals surface area contributed by atoms with E-state index in [1.54, 1.807) is 12.4 Å². The molecule has 0 bridgehead atoms. The van der Waals surface area contributed by atoms with E-state index in [0.29, 0.717) is 11.4 Å². The minimum absolute atomic E-state index is 0.156. The van der Waals surface area contributed by atoms with Crippen molar-refractivity contribution in [3.05, 3.63) is 84.4 Å². The van der Waals surface area contributed by atoms with E-state index in [4.69, 9.17) is 0 Å². The van der Waals surface area contributed by atoms with Crippen LogP contribution in [0.25, 0.3) is 21.5 Å². The van der Waals surface area contributed by atoms with E-state index in [-0.39, 0.29) is 5.78 Å². The molecule has 2 heterocycles. The van der Waals surface area contributed by atoms with Gasteiger partial charge in [-0.05, 0) is 22.9 Å². The molecule has 22 heavy (non-hydrogen) atoms. The highest BCUT2D eigenvalue weighted by molar-refractivity contribution is 6.09. The number of fused-ring (bicyclic) bond motifs is 2. The van der Waals surface area contributed by atoms with Crippen LogP contribution in [-0.2, 0) is 0 Å². The summed E-state index contributed by atoms with van der Waals surface area (Å²) in [5.41, 5.74) is 0.836. The molecular formula is C19H12N2O. The lowest BCUT2D eigenvalue weighted by molar-refractivity contribution is 0.103. The van der Waals surface area contributed by atoms with Crippen LogP contribution < -0.4 is 0 Å². The monoisotopic (exact) mass is 284 g/mol. The van der Waals surface area contributed by atoms with Crippen molar-refractivity contribution in [3.8, 4) is 0 Å². The van der Waals surface area contributed by atoms with E-state index in [1.807, 2.05) is 60.7 Å². The summed E-state index contributed by atoms with van der Waals surface area (Å²) in [5.74, 6) is -0.156. The standard InChI is InChI=1S/C19H12N2O/c22-19(17-9-13-5-1-3-7-15(13)11-20-17)18-10-14-6-2-4-8-16(14)12-21-18/h1-12H. The molecule has 0 saturated heterocycles. The maximum atomic E-state index is 12.6. The number of hydrogen-bond acceptors (Lipinski definition) is 3. The van der Waals surface area contributed by atoms with Crippen molar-refractivity contribution in [2.45, 2.75) is 0 Å². The Balaban J connectivity index is 1.80. The minimum atomic E-state index is -0.156. The van der Waals surface area contributed by atoms with E-state index in [2.05, 4.69) is 9.97 Å². The molecule has 0 saturated carbocycles. The van der Waals surface area contributed by atoms with Gasteiger partial charge in [-0.2, -0.15) is 0 Å². The maximum Gasteiger partial charge on any atom is 0.229 e. The van der Waals surface area contributed by atoms with Crippen LogP contribution in [0.5, 0.6) is 0 Å². The molecule has 3 nitrogen and oxygen atoms in total. The minimum Gasteiger partial charge on any atom is -0.285 e. The highest BCUT2D eigenvalue weighted by atomic mass is 16.1. The predicted octanol–water partition coefficient (Wildman–Crippen LogP) is 4.01. The highest BCUT2D eigenvalue weighted by Gasteiger charge is 2.13. The van der Waals surface area contributed by atoms with Gasteiger partial charge in [0, 0.05) is 23.2 Å². The van der Waals surface area contributed by atoms with Crippen molar-refractivity contribution >= 4 is 27.3 Å². The zero-order valence-electron chi connectivity index (χ0n) is 11.7. The Kier molecular flexibility index (Phi) is 2.90. The number of benzene rings is 2. The topological polar surface area (TPSA) is 42.9 Å². The highest BCUT2D eigenvalue weighted by Crippen LogP contribution is 2.18. The fraction of sp³-hybridized carbons (Fsp3) is 0. The lowest BCUT2D eigenvalue weighted by atomic mass is 10.1. The molecule has 4 rings (SSSR count). The van der Waals surface area contributed by atoms with Crippen LogP contribution in [0.3, 0.4) is 0 Å². The van der Waals surface area contributed by atoms with Crippen molar-refractivity contribution in [1.29, 1.82) is 0 Å². The molecule has 0 fully saturated rings. The SMILES string of the molecule is O=C(c1cc2ccccc2cn1)c1cc2ccccc2cn1. The summed E-state index contributed by atoms with van der Waals surface area (Å²) in [4.78, 5) is 21.2. The second-order valence-corrected chi connectivity index (χ2v) is 5.16. The van der Waals surface area contributed by atoms with Crippen molar-refractivity contribution in [3.63, 3.8) is 0 Å². The Bertz CT molecular complexity index is 927. The summed E-state index contributed by atoms with van der Waals surface area (Å²) in [5, 5.41) is 4.04. The molecule has 2 aromatic carbocycles. The first kappa shape index (κ1) is 12.7. The van der Waals surface area contributed by atoms with Crippen LogP contribution in [0.1, 0.15) is 16.2 Å². The third-order valence-corrected chi connectivity index (χ3v) is 3.73. The number of aromatic nitrogens is 2. The van der Waals surface area contributed by atoms with Gasteiger partial charge in [0.15, 0.2) is 0 Å². The Labute approximate surface area is 127 Å². The summed E-state index contributed by atoms with van der Waals surface area (Å²) >= 11 is 0. The van der Waals surface area contributed by atoms with Crippen molar-refractivity contribution in [2.75, 3.05) is 0 Å². The van der Waals surface area contributed by atoms with E-state index in [9.17, 15) is 4.79 Å². The van der Waals surface area contributed by atoms with Gasteiger partial charge in [0.2, 0.25) is 5.78 Å². The second-order valence-electron chi connectivity index (χ2n) is 5.16. The zero-order chi connectivity index (χ0) is 14.9. The van der Waals surface area contributed by atoms with Gasteiger partial charge in [0.1, 0.15) is 11.4 Å². The molecule has 104 valence electrons. The molecule has 0 aliphatic rings. The summed E-state index contributed by atoms with van der Waals surface area (Å²) in [6.45, 7) is 0. The Morgan fingerprint density at radius 1 is 0.636 bits per heavy atom. The van der Waals surface area contributed by atoms with Crippen molar-refractivity contribution in [2.24, 2.45) is 0 Å².